The first-order valence-corrected chi connectivity index (χ1v) is 8.54. The van der Waals surface area contributed by atoms with Crippen molar-refractivity contribution in [2.75, 3.05) is 11.9 Å². The molecular weight excluding hydrogens is 368 g/mol. The second-order valence-electron chi connectivity index (χ2n) is 5.40. The Kier molecular flexibility index (Phi) is 9.20. The van der Waals surface area contributed by atoms with Crippen molar-refractivity contribution in [2.24, 2.45) is 0 Å². The molecule has 0 aliphatic heterocycles. The van der Waals surface area contributed by atoms with Crippen LogP contribution in [0.2, 0.25) is 5.02 Å². The van der Waals surface area contributed by atoms with E-state index in [4.69, 9.17) is 22.0 Å². The number of anilines is 1. The number of hydrazine groups is 1. The van der Waals surface area contributed by atoms with E-state index >= 15 is 0 Å². The van der Waals surface area contributed by atoms with Gasteiger partial charge in [0.05, 0.1) is 10.6 Å². The maximum Gasteiger partial charge on any atom is 0.269 e. The number of nitrogens with zero attached hydrogens (tertiary/aromatic N) is 1. The first-order valence-electron chi connectivity index (χ1n) is 8.16. The fraction of sp³-hybridized carbons (Fsp3) is 0.211. The number of benzene rings is 2. The molecule has 2 aromatic rings. The van der Waals surface area contributed by atoms with Gasteiger partial charge in [-0.25, -0.2) is 0 Å². The van der Waals surface area contributed by atoms with Gasteiger partial charge in [-0.05, 0) is 55.3 Å². The van der Waals surface area contributed by atoms with Gasteiger partial charge in [0.2, 0.25) is 6.41 Å². The molecule has 0 unspecified atom stereocenters. The molecule has 0 fully saturated rings. The van der Waals surface area contributed by atoms with Crippen molar-refractivity contribution in [3.05, 3.63) is 58.1 Å². The van der Waals surface area contributed by atoms with Crippen molar-refractivity contribution in [1.29, 1.82) is 5.26 Å². The molecule has 142 valence electrons. The summed E-state index contributed by atoms with van der Waals surface area (Å²) in [6.45, 7) is 4.94. The van der Waals surface area contributed by atoms with Crippen LogP contribution in [0.3, 0.4) is 0 Å². The molecule has 4 N–H and O–H groups in total. The molecule has 0 aliphatic carbocycles. The number of rotatable bonds is 6. The summed E-state index contributed by atoms with van der Waals surface area (Å²) < 4.78 is 0. The van der Waals surface area contributed by atoms with Gasteiger partial charge < -0.3 is 10.4 Å². The number of carbonyl (C=O) groups is 2. The highest BCUT2D eigenvalue weighted by Gasteiger charge is 2.06. The minimum absolute atomic E-state index is 0.0832. The second-order valence-corrected chi connectivity index (χ2v) is 5.78. The Morgan fingerprint density at radius 3 is 2.48 bits per heavy atom. The number of aromatic hydroxyl groups is 1. The normalized spacial score (nSPS) is 9.26. The maximum absolute atomic E-state index is 11.1. The van der Waals surface area contributed by atoms with E-state index in [0.717, 1.165) is 24.2 Å². The zero-order valence-electron chi connectivity index (χ0n) is 15.0. The van der Waals surface area contributed by atoms with E-state index in [1.807, 2.05) is 18.4 Å². The SMILES string of the molecule is CCCNc1ccc(C#N)c(Cl)c1C.O=CNNC(=O)c1ccc(O)cc1. The first-order chi connectivity index (χ1) is 12.9. The Hall–Kier alpha value is -3.24. The molecule has 0 aliphatic rings. The van der Waals surface area contributed by atoms with Crippen molar-refractivity contribution in [3.63, 3.8) is 0 Å². The van der Waals surface area contributed by atoms with Crippen LogP contribution in [0.15, 0.2) is 36.4 Å². The van der Waals surface area contributed by atoms with Crippen LogP contribution in [0.4, 0.5) is 5.69 Å². The highest BCUT2D eigenvalue weighted by molar-refractivity contribution is 6.32. The van der Waals surface area contributed by atoms with Gasteiger partial charge in [0.15, 0.2) is 0 Å². The molecule has 8 heteroatoms. The summed E-state index contributed by atoms with van der Waals surface area (Å²) in [5.41, 5.74) is 6.99. The van der Waals surface area contributed by atoms with Gasteiger partial charge in [0, 0.05) is 17.8 Å². The average molecular weight is 389 g/mol. The number of phenolic OH excluding ortho intramolecular Hbond substituents is 1. The quantitative estimate of drug-likeness (QED) is 0.448. The zero-order valence-corrected chi connectivity index (χ0v) is 15.8. The van der Waals surface area contributed by atoms with E-state index in [2.05, 4.69) is 23.7 Å². The summed E-state index contributed by atoms with van der Waals surface area (Å²) in [7, 11) is 0. The minimum Gasteiger partial charge on any atom is -0.508 e. The Labute approximate surface area is 162 Å². The fourth-order valence-electron chi connectivity index (χ4n) is 2.00. The Balaban J connectivity index is 0.000000271. The topological polar surface area (TPSA) is 114 Å². The lowest BCUT2D eigenvalue weighted by molar-refractivity contribution is -0.110. The molecule has 27 heavy (non-hydrogen) atoms. The van der Waals surface area contributed by atoms with Gasteiger partial charge >= 0.3 is 0 Å². The van der Waals surface area contributed by atoms with E-state index in [9.17, 15) is 9.59 Å². The molecule has 2 rings (SSSR count). The number of hydrogen-bond acceptors (Lipinski definition) is 5. The molecule has 2 aromatic carbocycles. The summed E-state index contributed by atoms with van der Waals surface area (Å²) >= 11 is 6.01. The summed E-state index contributed by atoms with van der Waals surface area (Å²) in [5, 5.41) is 21.5. The van der Waals surface area contributed by atoms with E-state index in [1.54, 1.807) is 6.07 Å². The smallest absolute Gasteiger partial charge is 0.269 e. The highest BCUT2D eigenvalue weighted by Crippen LogP contribution is 2.26. The van der Waals surface area contributed by atoms with Crippen LogP contribution in [0.5, 0.6) is 5.75 Å². The number of amides is 2. The Morgan fingerprint density at radius 1 is 1.26 bits per heavy atom. The van der Waals surface area contributed by atoms with Crippen molar-refractivity contribution < 1.29 is 14.7 Å². The predicted molar refractivity (Wildman–Crippen MR) is 104 cm³/mol. The lowest BCUT2D eigenvalue weighted by Crippen LogP contribution is -2.36. The van der Waals surface area contributed by atoms with Crippen molar-refractivity contribution >= 4 is 29.6 Å². The lowest BCUT2D eigenvalue weighted by atomic mass is 10.1. The monoisotopic (exact) mass is 388 g/mol. The van der Waals surface area contributed by atoms with Gasteiger partial charge in [0.25, 0.3) is 5.91 Å². The van der Waals surface area contributed by atoms with E-state index in [1.165, 1.54) is 24.3 Å². The number of hydrogen-bond donors (Lipinski definition) is 4. The van der Waals surface area contributed by atoms with Gasteiger partial charge in [-0.1, -0.05) is 18.5 Å². The van der Waals surface area contributed by atoms with Crippen LogP contribution < -0.4 is 16.2 Å². The number of nitrogens with one attached hydrogen (secondary N) is 3. The summed E-state index contributed by atoms with van der Waals surface area (Å²) in [5.74, 6) is -0.355. The number of halogens is 1. The molecular formula is C19H21ClN4O3. The number of nitriles is 1. The predicted octanol–water partition coefficient (Wildman–Crippen LogP) is 3.13. The molecule has 0 saturated carbocycles. The van der Waals surface area contributed by atoms with Crippen LogP contribution in [0, 0.1) is 18.3 Å². The van der Waals surface area contributed by atoms with Crippen molar-refractivity contribution in [3.8, 4) is 11.8 Å². The second kappa shape index (κ2) is 11.4. The molecule has 0 bridgehead atoms. The lowest BCUT2D eigenvalue weighted by Gasteiger charge is -2.10. The molecule has 7 nitrogen and oxygen atoms in total. The first kappa shape index (κ1) is 21.8. The van der Waals surface area contributed by atoms with Crippen LogP contribution in [0.1, 0.15) is 34.8 Å². The third-order valence-corrected chi connectivity index (χ3v) is 3.93. The Bertz CT molecular complexity index is 817. The van der Waals surface area contributed by atoms with Crippen LogP contribution in [0.25, 0.3) is 0 Å². The van der Waals surface area contributed by atoms with Gasteiger partial charge in [-0.2, -0.15) is 5.26 Å². The average Bonchev–Trinajstić information content (AvgIpc) is 2.68. The molecule has 0 atom stereocenters. The third-order valence-electron chi connectivity index (χ3n) is 3.45. The highest BCUT2D eigenvalue weighted by atomic mass is 35.5. The molecule has 2 amide bonds. The van der Waals surface area contributed by atoms with E-state index in [0.29, 0.717) is 22.6 Å². The Morgan fingerprint density at radius 2 is 1.93 bits per heavy atom. The van der Waals surface area contributed by atoms with Gasteiger partial charge in [0.1, 0.15) is 11.8 Å². The summed E-state index contributed by atoms with van der Waals surface area (Å²) in [6.07, 6.45) is 1.43. The van der Waals surface area contributed by atoms with Crippen molar-refractivity contribution in [1.82, 2.24) is 10.9 Å². The number of phenols is 1. The van der Waals surface area contributed by atoms with Crippen LogP contribution >= 0.6 is 11.6 Å². The molecule has 0 heterocycles. The third kappa shape index (κ3) is 6.88. The fourth-order valence-corrected chi connectivity index (χ4v) is 2.21. The largest absolute Gasteiger partial charge is 0.508 e. The van der Waals surface area contributed by atoms with Crippen LogP contribution in [-0.4, -0.2) is 24.0 Å². The van der Waals surface area contributed by atoms with Gasteiger partial charge in [-0.15, -0.1) is 0 Å². The molecule has 0 aromatic heterocycles. The summed E-state index contributed by atoms with van der Waals surface area (Å²) in [6, 6.07) is 11.4. The van der Waals surface area contributed by atoms with Crippen molar-refractivity contribution in [2.45, 2.75) is 20.3 Å². The van der Waals surface area contributed by atoms with Gasteiger partial charge in [-0.3, -0.25) is 20.4 Å². The zero-order chi connectivity index (χ0) is 20.2. The molecule has 0 spiro atoms. The molecule has 0 radical (unpaired) electrons. The standard InChI is InChI=1S/C11H13ClN2.C8H8N2O3/c1-3-6-14-10-5-4-9(7-13)11(12)8(10)2;11-5-9-10-8(13)6-1-3-7(12)4-2-6/h4-5,14H,3,6H2,1-2H3;1-5,12H,(H,9,11)(H,10,13). The summed E-state index contributed by atoms with van der Waals surface area (Å²) in [4.78, 5) is 20.9. The van der Waals surface area contributed by atoms with E-state index < -0.39 is 5.91 Å². The van der Waals surface area contributed by atoms with Crippen LogP contribution in [-0.2, 0) is 4.79 Å². The number of carbonyl (C=O) groups excluding carboxylic acids is 2. The maximum atomic E-state index is 11.1. The minimum atomic E-state index is -0.438. The molecule has 0 saturated heterocycles. The van der Waals surface area contributed by atoms with E-state index in [-0.39, 0.29) is 5.75 Å².